The molecule has 40 heavy (non-hydrogen) atoms. The van der Waals surface area contributed by atoms with Gasteiger partial charge in [-0.3, -0.25) is 4.79 Å². The molecule has 4 atom stereocenters. The molecule has 0 spiro atoms. The Morgan fingerprint density at radius 2 is 1.52 bits per heavy atom. The molecule has 1 heterocycles. The molecule has 2 rings (SSSR count). The lowest BCUT2D eigenvalue weighted by Gasteiger charge is -2.54. The van der Waals surface area contributed by atoms with Gasteiger partial charge in [-0.25, -0.2) is 14.4 Å². The Morgan fingerprint density at radius 1 is 0.975 bits per heavy atom. The van der Waals surface area contributed by atoms with Crippen molar-refractivity contribution in [2.45, 2.75) is 84.8 Å². The number of carbonyl (C=O) groups excluding carboxylic acids is 4. The molecule has 1 aliphatic rings. The van der Waals surface area contributed by atoms with Crippen LogP contribution >= 0.6 is 0 Å². The van der Waals surface area contributed by atoms with Gasteiger partial charge in [0.25, 0.3) is 0 Å². The molecule has 1 aromatic rings. The molecule has 1 amide bonds. The number of ether oxygens (including phenoxy) is 3. The second-order valence-corrected chi connectivity index (χ2v) is 16.3. The highest BCUT2D eigenvalue weighted by Gasteiger charge is 2.59. The third-order valence-corrected chi connectivity index (χ3v) is 12.2. The Kier molecular flexibility index (Phi) is 11.7. The van der Waals surface area contributed by atoms with Crippen LogP contribution in [0.1, 0.15) is 58.8 Å². The van der Waals surface area contributed by atoms with Gasteiger partial charge in [0, 0.05) is 0 Å². The van der Waals surface area contributed by atoms with Crippen LogP contribution in [0.25, 0.3) is 0 Å². The summed E-state index contributed by atoms with van der Waals surface area (Å²) in [6.45, 7) is 17.8. The standard InChI is InChI=1S/C30H45NO8Si/c1-10-36-28(34)25(29(35)37-11-2)31-24(23(26(31)32)21(4)39-40(8,9)30(5,6)7)20(3)16-15-19-38-27(33)22-17-13-12-14-18-22/h12-18,20-21,23-25H,10-11,19H2,1-9H3/b16-15+/t20-,21+,23+,24+/m0/s1. The number of β-lactam (4-membered cyclic amide) rings is 1. The van der Waals surface area contributed by atoms with Crippen LogP contribution in [0.15, 0.2) is 42.5 Å². The molecule has 1 fully saturated rings. The predicted molar refractivity (Wildman–Crippen MR) is 154 cm³/mol. The smallest absolute Gasteiger partial charge is 0.340 e. The molecule has 1 aromatic carbocycles. The summed E-state index contributed by atoms with van der Waals surface area (Å²) in [5, 5.41) is -0.0736. The van der Waals surface area contributed by atoms with Crippen LogP contribution in [0.5, 0.6) is 0 Å². The van der Waals surface area contributed by atoms with Gasteiger partial charge in [0.1, 0.15) is 6.61 Å². The van der Waals surface area contributed by atoms with E-state index in [1.807, 2.05) is 26.0 Å². The number of esters is 3. The van der Waals surface area contributed by atoms with Gasteiger partial charge < -0.3 is 23.5 Å². The van der Waals surface area contributed by atoms with E-state index < -0.39 is 50.3 Å². The molecule has 0 unspecified atom stereocenters. The van der Waals surface area contributed by atoms with Gasteiger partial charge in [0.2, 0.25) is 11.9 Å². The van der Waals surface area contributed by atoms with Crippen LogP contribution in [-0.4, -0.2) is 75.0 Å². The van der Waals surface area contributed by atoms with Crippen LogP contribution in [0.4, 0.5) is 0 Å². The minimum atomic E-state index is -2.23. The number of hydrogen-bond acceptors (Lipinski definition) is 8. The minimum absolute atomic E-state index is 0.0264. The molecule has 10 heteroatoms. The number of likely N-dealkylation sites (tertiary alicyclic amines) is 1. The van der Waals surface area contributed by atoms with Crippen molar-refractivity contribution in [2.75, 3.05) is 19.8 Å². The maximum absolute atomic E-state index is 13.6. The molecule has 0 aromatic heterocycles. The van der Waals surface area contributed by atoms with Crippen molar-refractivity contribution in [1.82, 2.24) is 4.90 Å². The first-order valence-corrected chi connectivity index (χ1v) is 16.8. The van der Waals surface area contributed by atoms with Gasteiger partial charge in [-0.1, -0.05) is 58.0 Å². The number of carbonyl (C=O) groups is 4. The number of rotatable bonds is 13. The summed E-state index contributed by atoms with van der Waals surface area (Å²) in [6, 6.07) is 6.61. The Morgan fingerprint density at radius 3 is 2.02 bits per heavy atom. The topological polar surface area (TPSA) is 108 Å². The summed E-state index contributed by atoms with van der Waals surface area (Å²) in [6.07, 6.45) is 3.07. The largest absolute Gasteiger partial charge is 0.464 e. The van der Waals surface area contributed by atoms with Crippen molar-refractivity contribution in [2.24, 2.45) is 11.8 Å². The zero-order chi connectivity index (χ0) is 30.3. The van der Waals surface area contributed by atoms with Crippen LogP contribution in [0.2, 0.25) is 18.1 Å². The molecule has 0 radical (unpaired) electrons. The summed E-state index contributed by atoms with van der Waals surface area (Å²) >= 11 is 0. The van der Waals surface area contributed by atoms with Gasteiger partial charge in [-0.2, -0.15) is 0 Å². The average Bonchev–Trinajstić information content (AvgIpc) is 2.87. The van der Waals surface area contributed by atoms with E-state index in [-0.39, 0.29) is 36.7 Å². The van der Waals surface area contributed by atoms with E-state index in [1.54, 1.807) is 44.2 Å². The summed E-state index contributed by atoms with van der Waals surface area (Å²) in [7, 11) is -2.23. The van der Waals surface area contributed by atoms with Crippen LogP contribution in [-0.2, 0) is 33.0 Å². The number of hydrogen-bond donors (Lipinski definition) is 0. The Bertz CT molecular complexity index is 1050. The highest BCUT2D eigenvalue weighted by molar-refractivity contribution is 6.74. The van der Waals surface area contributed by atoms with E-state index in [0.29, 0.717) is 5.56 Å². The van der Waals surface area contributed by atoms with Crippen LogP contribution < -0.4 is 0 Å². The van der Waals surface area contributed by atoms with Crippen molar-refractivity contribution in [3.63, 3.8) is 0 Å². The van der Waals surface area contributed by atoms with Gasteiger partial charge in [0.05, 0.1) is 36.8 Å². The summed E-state index contributed by atoms with van der Waals surface area (Å²) < 4.78 is 22.2. The van der Waals surface area contributed by atoms with E-state index in [9.17, 15) is 19.2 Å². The third-order valence-electron chi connectivity index (χ3n) is 7.62. The number of amides is 1. The summed E-state index contributed by atoms with van der Waals surface area (Å²) in [4.78, 5) is 53.0. The first kappa shape index (κ1) is 33.2. The molecule has 1 saturated heterocycles. The van der Waals surface area contributed by atoms with E-state index in [0.717, 1.165) is 0 Å². The predicted octanol–water partition coefficient (Wildman–Crippen LogP) is 4.77. The first-order chi connectivity index (χ1) is 18.7. The summed E-state index contributed by atoms with van der Waals surface area (Å²) in [5.41, 5.74) is 0.447. The molecule has 0 aliphatic carbocycles. The zero-order valence-corrected chi connectivity index (χ0v) is 26.3. The second-order valence-electron chi connectivity index (χ2n) is 11.5. The van der Waals surface area contributed by atoms with E-state index in [4.69, 9.17) is 18.6 Å². The quantitative estimate of drug-likeness (QED) is 0.0827. The maximum Gasteiger partial charge on any atom is 0.340 e. The molecule has 222 valence electrons. The van der Waals surface area contributed by atoms with Crippen molar-refractivity contribution in [3.05, 3.63) is 48.0 Å². The maximum atomic E-state index is 13.6. The van der Waals surface area contributed by atoms with E-state index in [1.165, 1.54) is 4.90 Å². The molecule has 0 bridgehead atoms. The van der Waals surface area contributed by atoms with Crippen molar-refractivity contribution < 1.29 is 37.8 Å². The highest BCUT2D eigenvalue weighted by atomic mass is 28.4. The third kappa shape index (κ3) is 7.81. The number of nitrogens with zero attached hydrogens (tertiary/aromatic N) is 1. The molecule has 1 aliphatic heterocycles. The van der Waals surface area contributed by atoms with Crippen molar-refractivity contribution >= 4 is 32.1 Å². The van der Waals surface area contributed by atoms with Gasteiger partial charge >= 0.3 is 17.9 Å². The van der Waals surface area contributed by atoms with Crippen molar-refractivity contribution in [3.8, 4) is 0 Å². The Hall–Kier alpha value is -2.98. The SMILES string of the molecule is CCOC(=O)C(C(=O)OCC)N1C(=O)[C@H]([C@@H](C)O[Si](C)(C)C(C)(C)C)[C@H]1[C@@H](C)/C=C/COC(=O)c1ccccc1. The number of benzene rings is 1. The summed E-state index contributed by atoms with van der Waals surface area (Å²) in [5.74, 6) is -3.37. The van der Waals surface area contributed by atoms with Gasteiger partial charge in [0.15, 0.2) is 8.32 Å². The van der Waals surface area contributed by atoms with Crippen molar-refractivity contribution in [1.29, 1.82) is 0 Å². The highest BCUT2D eigenvalue weighted by Crippen LogP contribution is 2.43. The van der Waals surface area contributed by atoms with Gasteiger partial charge in [-0.15, -0.1) is 0 Å². The normalized spacial score (nSPS) is 19.2. The lowest BCUT2D eigenvalue weighted by atomic mass is 9.75. The lowest BCUT2D eigenvalue weighted by molar-refractivity contribution is -0.188. The molecule has 0 N–H and O–H groups in total. The Balaban J connectivity index is 2.33. The Labute approximate surface area is 239 Å². The van der Waals surface area contributed by atoms with Crippen LogP contribution in [0.3, 0.4) is 0 Å². The monoisotopic (exact) mass is 575 g/mol. The fraction of sp³-hybridized carbons (Fsp3) is 0.600. The molecule has 0 saturated carbocycles. The molecule has 9 nitrogen and oxygen atoms in total. The van der Waals surface area contributed by atoms with E-state index in [2.05, 4.69) is 33.9 Å². The zero-order valence-electron chi connectivity index (χ0n) is 25.3. The van der Waals surface area contributed by atoms with Crippen LogP contribution in [0, 0.1) is 11.8 Å². The second kappa shape index (κ2) is 14.1. The lowest BCUT2D eigenvalue weighted by Crippen LogP contribution is -2.72. The fourth-order valence-corrected chi connectivity index (χ4v) is 5.99. The fourth-order valence-electron chi connectivity index (χ4n) is 4.56. The molecular weight excluding hydrogens is 530 g/mol. The molecular formula is C30H45NO8Si. The first-order valence-electron chi connectivity index (χ1n) is 13.9. The van der Waals surface area contributed by atoms with E-state index >= 15 is 0 Å². The van der Waals surface area contributed by atoms with Gasteiger partial charge in [-0.05, 0) is 57.0 Å². The minimum Gasteiger partial charge on any atom is -0.464 e. The average molecular weight is 576 g/mol.